The first kappa shape index (κ1) is 24.5. The van der Waals surface area contributed by atoms with Crippen LogP contribution in [0, 0.1) is 0 Å². The standard InChI is InChI=1S/C24H24N2O9/c1-4-5-6-7-33-12-17(27)15-10-13(22(29)31-2)18-19-14(11-16(26-19)23(30)32-3)24(34-8-9-35-24)21(28)20(18)25-15/h4,10-11,26H,1,5-9,12H2,2-3H3. The number of carbonyl (C=O) groups is 4. The highest BCUT2D eigenvalue weighted by molar-refractivity contribution is 6.15. The summed E-state index contributed by atoms with van der Waals surface area (Å²) in [6.07, 6.45) is 3.17. The Kier molecular flexibility index (Phi) is 6.92. The first-order valence-corrected chi connectivity index (χ1v) is 10.9. The SMILES string of the molecule is C=CCCCOCC(=O)c1cc(C(=O)OC)c2c(n1)C(=O)C1(OCCO1)c1cc(C(=O)OC)[nH]c1-2. The number of ether oxygens (including phenoxy) is 5. The predicted octanol–water partition coefficient (Wildman–Crippen LogP) is 2.21. The highest BCUT2D eigenvalue weighted by atomic mass is 16.7. The molecule has 0 bridgehead atoms. The number of aromatic nitrogens is 2. The number of rotatable bonds is 9. The summed E-state index contributed by atoms with van der Waals surface area (Å²) in [5.41, 5.74) is 0.0148. The highest BCUT2D eigenvalue weighted by Crippen LogP contribution is 2.47. The molecule has 0 amide bonds. The molecule has 2 aromatic rings. The Morgan fingerprint density at radius 3 is 2.54 bits per heavy atom. The molecular weight excluding hydrogens is 460 g/mol. The van der Waals surface area contributed by atoms with Gasteiger partial charge in [-0.1, -0.05) is 6.08 Å². The number of H-pyrrole nitrogens is 1. The van der Waals surface area contributed by atoms with Gasteiger partial charge in [0.1, 0.15) is 23.7 Å². The second kappa shape index (κ2) is 9.90. The van der Waals surface area contributed by atoms with E-state index in [-0.39, 0.29) is 59.3 Å². The molecular formula is C24H24N2O9. The highest BCUT2D eigenvalue weighted by Gasteiger charge is 2.54. The third-order valence-electron chi connectivity index (χ3n) is 5.68. The van der Waals surface area contributed by atoms with E-state index in [2.05, 4.69) is 16.5 Å². The number of ketones is 2. The fraction of sp³-hybridized carbons (Fsp3) is 0.375. The Morgan fingerprint density at radius 2 is 1.89 bits per heavy atom. The number of Topliss-reactive ketones (excluding diaryl/α,β-unsaturated/α-hetero) is 2. The molecule has 11 heteroatoms. The molecule has 1 spiro atoms. The molecule has 0 unspecified atom stereocenters. The van der Waals surface area contributed by atoms with Crippen LogP contribution in [0.1, 0.15) is 60.2 Å². The summed E-state index contributed by atoms with van der Waals surface area (Å²) in [7, 11) is 2.38. The molecule has 1 fully saturated rings. The van der Waals surface area contributed by atoms with Crippen LogP contribution in [0.2, 0.25) is 0 Å². The van der Waals surface area contributed by atoms with E-state index in [0.717, 1.165) is 6.42 Å². The zero-order valence-corrected chi connectivity index (χ0v) is 19.3. The van der Waals surface area contributed by atoms with E-state index in [1.54, 1.807) is 6.08 Å². The molecule has 1 N–H and O–H groups in total. The lowest BCUT2D eigenvalue weighted by Gasteiger charge is -2.31. The Hall–Kier alpha value is -3.67. The molecule has 184 valence electrons. The van der Waals surface area contributed by atoms with Crippen molar-refractivity contribution >= 4 is 23.5 Å². The topological polar surface area (TPSA) is 143 Å². The molecule has 1 aliphatic carbocycles. The molecule has 0 saturated carbocycles. The van der Waals surface area contributed by atoms with Crippen LogP contribution in [0.4, 0.5) is 0 Å². The van der Waals surface area contributed by atoms with Crippen LogP contribution in [-0.4, -0.2) is 74.1 Å². The van der Waals surface area contributed by atoms with Crippen LogP contribution in [0.15, 0.2) is 24.8 Å². The van der Waals surface area contributed by atoms with Gasteiger partial charge in [-0.3, -0.25) is 9.59 Å². The van der Waals surface area contributed by atoms with Gasteiger partial charge in [0.15, 0.2) is 0 Å². The maximum absolute atomic E-state index is 13.7. The third kappa shape index (κ3) is 4.18. The monoisotopic (exact) mass is 484 g/mol. The van der Waals surface area contributed by atoms with Gasteiger partial charge in [-0.15, -0.1) is 6.58 Å². The van der Waals surface area contributed by atoms with Crippen molar-refractivity contribution in [2.45, 2.75) is 18.6 Å². The van der Waals surface area contributed by atoms with E-state index in [1.807, 2.05) is 0 Å². The van der Waals surface area contributed by atoms with Crippen molar-refractivity contribution in [3.63, 3.8) is 0 Å². The number of unbranched alkanes of at least 4 members (excludes halogenated alkanes) is 1. The molecule has 0 aromatic carbocycles. The number of nitrogens with one attached hydrogen (secondary N) is 1. The lowest BCUT2D eigenvalue weighted by molar-refractivity contribution is -0.126. The molecule has 1 saturated heterocycles. The van der Waals surface area contributed by atoms with Crippen molar-refractivity contribution in [1.82, 2.24) is 9.97 Å². The second-order valence-electron chi connectivity index (χ2n) is 7.78. The molecule has 2 aromatic heterocycles. The first-order chi connectivity index (χ1) is 16.9. The number of methoxy groups -OCH3 is 2. The number of hydrogen-bond donors (Lipinski definition) is 1. The minimum atomic E-state index is -1.88. The Balaban J connectivity index is 1.84. The van der Waals surface area contributed by atoms with Crippen molar-refractivity contribution in [1.29, 1.82) is 0 Å². The number of esters is 2. The van der Waals surface area contributed by atoms with Crippen LogP contribution in [-0.2, 0) is 29.5 Å². The summed E-state index contributed by atoms with van der Waals surface area (Å²) < 4.78 is 26.5. The number of fused-ring (bicyclic) bond motifs is 4. The quantitative estimate of drug-likeness (QED) is 0.243. The summed E-state index contributed by atoms with van der Waals surface area (Å²) in [6, 6.07) is 2.62. The predicted molar refractivity (Wildman–Crippen MR) is 119 cm³/mol. The maximum atomic E-state index is 13.7. The summed E-state index contributed by atoms with van der Waals surface area (Å²) in [5.74, 6) is -4.62. The molecule has 35 heavy (non-hydrogen) atoms. The van der Waals surface area contributed by atoms with Crippen molar-refractivity contribution in [3.8, 4) is 11.3 Å². The fourth-order valence-corrected chi connectivity index (χ4v) is 4.05. The van der Waals surface area contributed by atoms with Gasteiger partial charge in [-0.05, 0) is 25.0 Å². The van der Waals surface area contributed by atoms with E-state index >= 15 is 0 Å². The molecule has 0 radical (unpaired) electrons. The molecule has 2 aliphatic rings. The minimum Gasteiger partial charge on any atom is -0.465 e. The maximum Gasteiger partial charge on any atom is 0.354 e. The average Bonchev–Trinajstić information content (AvgIpc) is 3.54. The second-order valence-corrected chi connectivity index (χ2v) is 7.78. The molecule has 4 rings (SSSR count). The van der Waals surface area contributed by atoms with Crippen LogP contribution in [0.25, 0.3) is 11.3 Å². The summed E-state index contributed by atoms with van der Waals surface area (Å²) in [4.78, 5) is 58.6. The van der Waals surface area contributed by atoms with Crippen molar-refractivity contribution in [3.05, 3.63) is 53.0 Å². The average molecular weight is 484 g/mol. The lowest BCUT2D eigenvalue weighted by Crippen LogP contribution is -2.41. The van der Waals surface area contributed by atoms with E-state index in [0.29, 0.717) is 13.0 Å². The first-order valence-electron chi connectivity index (χ1n) is 10.9. The van der Waals surface area contributed by atoms with Crippen LogP contribution in [0.5, 0.6) is 0 Å². The normalized spacial score (nSPS) is 15.4. The molecule has 1 aliphatic heterocycles. The Bertz CT molecular complexity index is 1210. The molecule has 11 nitrogen and oxygen atoms in total. The van der Waals surface area contributed by atoms with Crippen LogP contribution in [0.3, 0.4) is 0 Å². The van der Waals surface area contributed by atoms with Crippen molar-refractivity contribution in [2.75, 3.05) is 40.6 Å². The summed E-state index contributed by atoms with van der Waals surface area (Å²) >= 11 is 0. The number of nitrogens with zero attached hydrogens (tertiary/aromatic N) is 1. The van der Waals surface area contributed by atoms with Gasteiger partial charge < -0.3 is 28.7 Å². The summed E-state index contributed by atoms with van der Waals surface area (Å²) in [6.45, 7) is 3.89. The lowest BCUT2D eigenvalue weighted by atomic mass is 9.84. The van der Waals surface area contributed by atoms with Gasteiger partial charge in [0.05, 0.1) is 38.7 Å². The van der Waals surface area contributed by atoms with Gasteiger partial charge in [-0.2, -0.15) is 0 Å². The van der Waals surface area contributed by atoms with E-state index in [1.165, 1.54) is 26.4 Å². The number of pyridine rings is 1. The summed E-state index contributed by atoms with van der Waals surface area (Å²) in [5, 5.41) is 0. The minimum absolute atomic E-state index is 0.0144. The third-order valence-corrected chi connectivity index (χ3v) is 5.68. The van der Waals surface area contributed by atoms with E-state index < -0.39 is 29.3 Å². The largest absolute Gasteiger partial charge is 0.465 e. The van der Waals surface area contributed by atoms with Gasteiger partial charge in [0, 0.05) is 17.7 Å². The number of hydrogen-bond acceptors (Lipinski definition) is 10. The van der Waals surface area contributed by atoms with Gasteiger partial charge in [-0.25, -0.2) is 14.6 Å². The number of allylic oxidation sites excluding steroid dienone is 1. The van der Waals surface area contributed by atoms with E-state index in [9.17, 15) is 19.2 Å². The van der Waals surface area contributed by atoms with Crippen LogP contribution < -0.4 is 0 Å². The Morgan fingerprint density at radius 1 is 1.17 bits per heavy atom. The Labute approximate surface area is 200 Å². The van der Waals surface area contributed by atoms with Crippen molar-refractivity contribution < 1.29 is 42.9 Å². The molecule has 0 atom stereocenters. The fourth-order valence-electron chi connectivity index (χ4n) is 4.05. The van der Waals surface area contributed by atoms with Crippen LogP contribution >= 0.6 is 0 Å². The van der Waals surface area contributed by atoms with E-state index in [4.69, 9.17) is 23.7 Å². The van der Waals surface area contributed by atoms with Gasteiger partial charge >= 0.3 is 11.9 Å². The zero-order valence-electron chi connectivity index (χ0n) is 19.3. The number of carbonyl (C=O) groups excluding carboxylic acids is 4. The molecule has 3 heterocycles. The number of aromatic amines is 1. The zero-order chi connectivity index (χ0) is 25.2. The van der Waals surface area contributed by atoms with Gasteiger partial charge in [0.2, 0.25) is 11.6 Å². The smallest absolute Gasteiger partial charge is 0.354 e. The van der Waals surface area contributed by atoms with Gasteiger partial charge in [0.25, 0.3) is 5.79 Å². The van der Waals surface area contributed by atoms with Crippen molar-refractivity contribution in [2.24, 2.45) is 0 Å².